The Labute approximate surface area is 161 Å². The number of ether oxygens (including phenoxy) is 2. The van der Waals surface area contributed by atoms with Gasteiger partial charge in [-0.3, -0.25) is 9.78 Å². The molecule has 0 atom stereocenters. The van der Waals surface area contributed by atoms with Crippen LogP contribution < -0.4 is 9.62 Å². The van der Waals surface area contributed by atoms with Crippen molar-refractivity contribution in [3.63, 3.8) is 0 Å². The lowest BCUT2D eigenvalue weighted by Crippen LogP contribution is -2.20. The third kappa shape index (κ3) is 5.76. The molecule has 0 N–H and O–H groups in total. The second kappa shape index (κ2) is 10.0. The zero-order valence-electron chi connectivity index (χ0n) is 16.1. The molecule has 1 fully saturated rings. The van der Waals surface area contributed by atoms with Crippen LogP contribution in [0, 0.1) is 0 Å². The van der Waals surface area contributed by atoms with Crippen molar-refractivity contribution in [1.82, 2.24) is 0 Å². The van der Waals surface area contributed by atoms with E-state index in [2.05, 4.69) is 19.1 Å². The molecular weight excluding hydrogens is 340 g/mol. The molecule has 0 unspecified atom stereocenters. The zero-order valence-corrected chi connectivity index (χ0v) is 16.1. The Bertz CT molecular complexity index is 698. The van der Waals surface area contributed by atoms with Crippen molar-refractivity contribution in [3.8, 4) is 11.5 Å². The molecule has 0 spiro atoms. The van der Waals surface area contributed by atoms with Gasteiger partial charge in [0, 0.05) is 6.61 Å². The van der Waals surface area contributed by atoms with Gasteiger partial charge in [0.1, 0.15) is 12.0 Å². The second-order valence-electron chi connectivity index (χ2n) is 6.75. The maximum absolute atomic E-state index is 5.74. The van der Waals surface area contributed by atoms with Crippen LogP contribution in [-0.4, -0.2) is 19.8 Å². The highest BCUT2D eigenvalue weighted by atomic mass is 17.2. The fraction of sp³-hybridized carbons (Fsp3) is 0.391. The lowest BCUT2D eigenvalue weighted by Gasteiger charge is -2.28. The van der Waals surface area contributed by atoms with Crippen molar-refractivity contribution in [2.45, 2.75) is 44.6 Å². The van der Waals surface area contributed by atoms with Crippen molar-refractivity contribution in [2.75, 3.05) is 13.7 Å². The maximum atomic E-state index is 5.74. The number of methoxy groups -OCH3 is 1. The van der Waals surface area contributed by atoms with Crippen molar-refractivity contribution in [3.05, 3.63) is 65.9 Å². The topological polar surface area (TPSA) is 36.9 Å². The zero-order chi connectivity index (χ0) is 18.9. The molecule has 1 aliphatic rings. The van der Waals surface area contributed by atoms with Crippen LogP contribution in [0.3, 0.4) is 0 Å². The Morgan fingerprint density at radius 2 is 1.56 bits per heavy atom. The summed E-state index contributed by atoms with van der Waals surface area (Å²) in [5.74, 6) is 2.14. The van der Waals surface area contributed by atoms with Crippen molar-refractivity contribution in [1.29, 1.82) is 0 Å². The quantitative estimate of drug-likeness (QED) is 0.338. The van der Waals surface area contributed by atoms with Gasteiger partial charge in [-0.15, -0.1) is 0 Å². The highest BCUT2D eigenvalue weighted by Crippen LogP contribution is 2.34. The first-order chi connectivity index (χ1) is 13.3. The fourth-order valence-electron chi connectivity index (χ4n) is 3.50. The molecule has 3 rings (SSSR count). The minimum atomic E-state index is 0.444. The van der Waals surface area contributed by atoms with Crippen LogP contribution in [0.5, 0.6) is 11.5 Å². The standard InChI is InChI=1S/C23H28O4/c1-3-25-22-12-6-19(7-13-22)20-8-14-23(15-9-20)27-26-17-16-18-4-10-21(24-2)11-5-18/h4-5,8-11,14-17,19,22H,3,6-7,12-13H2,1-2H3/b17-16+. The van der Waals surface area contributed by atoms with Gasteiger partial charge in [-0.2, -0.15) is 0 Å². The van der Waals surface area contributed by atoms with E-state index in [1.165, 1.54) is 24.7 Å². The predicted molar refractivity (Wildman–Crippen MR) is 107 cm³/mol. The molecule has 144 valence electrons. The van der Waals surface area contributed by atoms with Crippen LogP contribution in [0.25, 0.3) is 6.08 Å². The second-order valence-corrected chi connectivity index (χ2v) is 6.75. The molecule has 1 saturated carbocycles. The molecule has 2 aromatic rings. The summed E-state index contributed by atoms with van der Waals surface area (Å²) in [6.45, 7) is 2.88. The average Bonchev–Trinajstić information content (AvgIpc) is 2.73. The Morgan fingerprint density at radius 1 is 0.889 bits per heavy atom. The molecule has 0 aromatic heterocycles. The Balaban J connectivity index is 1.44. The Kier molecular flexibility index (Phi) is 7.17. The first kappa shape index (κ1) is 19.3. The normalized spacial score (nSPS) is 19.8. The van der Waals surface area contributed by atoms with Gasteiger partial charge < -0.3 is 9.47 Å². The third-order valence-corrected chi connectivity index (χ3v) is 5.00. The van der Waals surface area contributed by atoms with E-state index >= 15 is 0 Å². The van der Waals surface area contributed by atoms with Gasteiger partial charge in [-0.1, -0.05) is 24.3 Å². The molecule has 0 radical (unpaired) electrons. The molecular formula is C23H28O4. The highest BCUT2D eigenvalue weighted by Gasteiger charge is 2.22. The summed E-state index contributed by atoms with van der Waals surface area (Å²) in [6.07, 6.45) is 8.49. The summed E-state index contributed by atoms with van der Waals surface area (Å²) in [4.78, 5) is 10.5. The third-order valence-electron chi connectivity index (χ3n) is 5.00. The lowest BCUT2D eigenvalue weighted by molar-refractivity contribution is -0.148. The van der Waals surface area contributed by atoms with Gasteiger partial charge in [-0.25, -0.2) is 0 Å². The minimum absolute atomic E-state index is 0.444. The van der Waals surface area contributed by atoms with Crippen molar-refractivity contribution < 1.29 is 19.2 Å². The summed E-state index contributed by atoms with van der Waals surface area (Å²) in [6, 6.07) is 15.9. The largest absolute Gasteiger partial charge is 0.497 e. The number of benzene rings is 2. The summed E-state index contributed by atoms with van der Waals surface area (Å²) >= 11 is 0. The number of rotatable bonds is 8. The SMILES string of the molecule is CCOC1CCC(c2ccc(OO/C=C/c3ccc(OC)cc3)cc2)CC1. The smallest absolute Gasteiger partial charge is 0.178 e. The van der Waals surface area contributed by atoms with E-state index in [0.29, 0.717) is 17.8 Å². The predicted octanol–water partition coefficient (Wildman–Crippen LogP) is 5.74. The monoisotopic (exact) mass is 368 g/mol. The first-order valence-corrected chi connectivity index (χ1v) is 9.64. The molecule has 27 heavy (non-hydrogen) atoms. The van der Waals surface area contributed by atoms with Crippen molar-refractivity contribution >= 4 is 6.08 Å². The van der Waals surface area contributed by atoms with E-state index in [9.17, 15) is 0 Å². The summed E-state index contributed by atoms with van der Waals surface area (Å²) in [5.41, 5.74) is 2.38. The van der Waals surface area contributed by atoms with Crippen LogP contribution in [0.2, 0.25) is 0 Å². The van der Waals surface area contributed by atoms with Crippen LogP contribution >= 0.6 is 0 Å². The van der Waals surface area contributed by atoms with Crippen LogP contribution in [0.15, 0.2) is 54.8 Å². The van der Waals surface area contributed by atoms with E-state index in [4.69, 9.17) is 19.2 Å². The Hall–Kier alpha value is -2.46. The number of hydrogen-bond acceptors (Lipinski definition) is 4. The van der Waals surface area contributed by atoms with Crippen LogP contribution in [0.4, 0.5) is 0 Å². The molecule has 4 heteroatoms. The molecule has 0 bridgehead atoms. The van der Waals surface area contributed by atoms with Gasteiger partial charge in [0.25, 0.3) is 0 Å². The molecule has 0 aliphatic heterocycles. The van der Waals surface area contributed by atoms with Gasteiger partial charge in [0.15, 0.2) is 5.75 Å². The molecule has 2 aromatic carbocycles. The van der Waals surface area contributed by atoms with E-state index in [0.717, 1.165) is 30.8 Å². The Morgan fingerprint density at radius 3 is 2.19 bits per heavy atom. The van der Waals surface area contributed by atoms with Gasteiger partial charge >= 0.3 is 0 Å². The average molecular weight is 368 g/mol. The summed E-state index contributed by atoms with van der Waals surface area (Å²) in [7, 11) is 1.65. The maximum Gasteiger partial charge on any atom is 0.178 e. The van der Waals surface area contributed by atoms with Crippen LogP contribution in [0.1, 0.15) is 49.7 Å². The van der Waals surface area contributed by atoms with E-state index in [1.807, 2.05) is 42.5 Å². The molecule has 0 heterocycles. The van der Waals surface area contributed by atoms with E-state index in [1.54, 1.807) is 7.11 Å². The highest BCUT2D eigenvalue weighted by molar-refractivity contribution is 5.49. The van der Waals surface area contributed by atoms with E-state index in [-0.39, 0.29) is 0 Å². The number of hydrogen-bond donors (Lipinski definition) is 0. The van der Waals surface area contributed by atoms with Crippen molar-refractivity contribution in [2.24, 2.45) is 0 Å². The summed E-state index contributed by atoms with van der Waals surface area (Å²) < 4.78 is 10.9. The molecule has 0 amide bonds. The van der Waals surface area contributed by atoms with Gasteiger partial charge in [0.05, 0.1) is 13.2 Å². The fourth-order valence-corrected chi connectivity index (χ4v) is 3.50. The molecule has 4 nitrogen and oxygen atoms in total. The molecule has 0 saturated heterocycles. The lowest BCUT2D eigenvalue weighted by atomic mass is 9.83. The molecule has 1 aliphatic carbocycles. The van der Waals surface area contributed by atoms with E-state index < -0.39 is 0 Å². The minimum Gasteiger partial charge on any atom is -0.497 e. The first-order valence-electron chi connectivity index (χ1n) is 9.64. The van der Waals surface area contributed by atoms with Gasteiger partial charge in [-0.05, 0) is 80.0 Å². The van der Waals surface area contributed by atoms with Crippen LogP contribution in [-0.2, 0) is 9.62 Å². The van der Waals surface area contributed by atoms with Gasteiger partial charge in [0.2, 0.25) is 0 Å². The summed E-state index contributed by atoms with van der Waals surface area (Å²) in [5, 5.41) is 0.